The van der Waals surface area contributed by atoms with Gasteiger partial charge in [0.25, 0.3) is 0 Å². The van der Waals surface area contributed by atoms with E-state index in [1.165, 1.54) is 115 Å². The first-order valence-electron chi connectivity index (χ1n) is 28.8. The van der Waals surface area contributed by atoms with E-state index in [0.29, 0.717) is 0 Å². The molecule has 1 atom stereocenters. The van der Waals surface area contributed by atoms with Crippen LogP contribution in [0.15, 0.2) is 328 Å². The summed E-state index contributed by atoms with van der Waals surface area (Å²) in [6, 6.07) is 123. The van der Waals surface area contributed by atoms with Gasteiger partial charge in [-0.3, -0.25) is 0 Å². The summed E-state index contributed by atoms with van der Waals surface area (Å²) >= 11 is 1.91. The van der Waals surface area contributed by atoms with Crippen LogP contribution in [0.3, 0.4) is 0 Å². The minimum absolute atomic E-state index is 0.147. The maximum Gasteiger partial charge on any atom is 0.0714 e. The van der Waals surface area contributed by atoms with Gasteiger partial charge in [0.1, 0.15) is 0 Å². The molecule has 0 aliphatic heterocycles. The second-order valence-corrected chi connectivity index (χ2v) is 23.2. The molecule has 0 amide bonds. The van der Waals surface area contributed by atoms with Crippen molar-refractivity contribution in [1.82, 2.24) is 0 Å². The lowest BCUT2D eigenvalue weighted by atomic mass is 9.67. The first kappa shape index (κ1) is 48.8. The van der Waals surface area contributed by atoms with Gasteiger partial charge in [0, 0.05) is 43.2 Å². The van der Waals surface area contributed by atoms with E-state index in [1.54, 1.807) is 0 Å². The lowest BCUT2D eigenvalue weighted by molar-refractivity contribution is 0.765. The average Bonchev–Trinajstić information content (AvgIpc) is 1.83. The molecule has 16 rings (SSSR count). The molecule has 1 aromatic heterocycles. The van der Waals surface area contributed by atoms with Gasteiger partial charge in [0.05, 0.1) is 10.8 Å². The Morgan fingerprint density at radius 3 is 1.34 bits per heavy atom. The van der Waals surface area contributed by atoms with E-state index in [4.69, 9.17) is 0 Å². The summed E-state index contributed by atoms with van der Waals surface area (Å²) in [6.07, 6.45) is 0. The first-order chi connectivity index (χ1) is 41.2. The zero-order valence-corrected chi connectivity index (χ0v) is 46.4. The maximum absolute atomic E-state index is 2.57. The van der Waals surface area contributed by atoms with Crippen molar-refractivity contribution >= 4 is 48.6 Å². The molecular formula is C81H55NS. The van der Waals surface area contributed by atoms with Crippen molar-refractivity contribution in [1.29, 1.82) is 0 Å². The average molecular weight is 1070 g/mol. The van der Waals surface area contributed by atoms with Crippen LogP contribution in [0.4, 0.5) is 17.1 Å². The van der Waals surface area contributed by atoms with Gasteiger partial charge in [0.2, 0.25) is 0 Å². The molecular weight excluding hydrogens is 1020 g/mol. The SMILES string of the molecule is c1ccc(-c2ccc(N(c3cccc(C(c4ccc5c(c4)C(c4ccccc4)(c4ccccc4)c4ccccc4-5)c4cccc5c4sc4ccccc45)c3)c3cccc(C4(c5ccccc5)c5ccccc5-c5ccccc54)c3)cc2)cc1. The monoisotopic (exact) mass is 1070 g/mol. The van der Waals surface area contributed by atoms with E-state index in [-0.39, 0.29) is 5.92 Å². The largest absolute Gasteiger partial charge is 0.310 e. The van der Waals surface area contributed by atoms with Crippen molar-refractivity contribution in [2.45, 2.75) is 16.7 Å². The number of hydrogen-bond acceptors (Lipinski definition) is 2. The predicted molar refractivity (Wildman–Crippen MR) is 348 cm³/mol. The second-order valence-electron chi connectivity index (χ2n) is 22.2. The highest BCUT2D eigenvalue weighted by Crippen LogP contribution is 2.59. The fourth-order valence-corrected chi connectivity index (χ4v) is 15.8. The van der Waals surface area contributed by atoms with Gasteiger partial charge >= 0.3 is 0 Å². The van der Waals surface area contributed by atoms with Gasteiger partial charge in [-0.15, -0.1) is 11.3 Å². The zero-order valence-electron chi connectivity index (χ0n) is 45.6. The summed E-state index contributed by atoms with van der Waals surface area (Å²) in [5.41, 5.74) is 23.5. The lowest BCUT2D eigenvalue weighted by Crippen LogP contribution is -2.28. The van der Waals surface area contributed by atoms with Crippen molar-refractivity contribution in [3.8, 4) is 33.4 Å². The second kappa shape index (κ2) is 19.8. The van der Waals surface area contributed by atoms with E-state index < -0.39 is 10.8 Å². The van der Waals surface area contributed by atoms with Crippen LogP contribution in [-0.4, -0.2) is 0 Å². The van der Waals surface area contributed by atoms with E-state index in [1.807, 2.05) is 11.3 Å². The lowest BCUT2D eigenvalue weighted by Gasteiger charge is -2.35. The predicted octanol–water partition coefficient (Wildman–Crippen LogP) is 21.1. The number of nitrogens with zero attached hydrogens (tertiary/aromatic N) is 1. The van der Waals surface area contributed by atoms with Crippen molar-refractivity contribution in [3.63, 3.8) is 0 Å². The Balaban J connectivity index is 0.933. The Kier molecular flexibility index (Phi) is 11.7. The molecule has 14 aromatic rings. The quantitative estimate of drug-likeness (QED) is 0.117. The molecule has 0 fully saturated rings. The fourth-order valence-electron chi connectivity index (χ4n) is 14.5. The Labute approximate surface area is 489 Å². The number of thiophene rings is 1. The highest BCUT2D eigenvalue weighted by molar-refractivity contribution is 7.26. The third-order valence-electron chi connectivity index (χ3n) is 18.0. The van der Waals surface area contributed by atoms with Crippen LogP contribution < -0.4 is 4.90 Å². The van der Waals surface area contributed by atoms with Crippen LogP contribution in [0.1, 0.15) is 67.1 Å². The van der Waals surface area contributed by atoms with Crippen LogP contribution >= 0.6 is 11.3 Å². The molecule has 0 saturated carbocycles. The maximum atomic E-state index is 2.57. The fraction of sp³-hybridized carbons (Fsp3) is 0.0370. The van der Waals surface area contributed by atoms with Gasteiger partial charge in [0.15, 0.2) is 0 Å². The van der Waals surface area contributed by atoms with Gasteiger partial charge in [-0.1, -0.05) is 285 Å². The molecule has 0 spiro atoms. The standard InChI is InChI=1S/C81H55NS/c1-5-24-55(25-6-1)56-46-49-63(50-47-56)82(65-35-22-33-62(54-65)81(61-31-11-4-12-32-61)74-43-18-13-36-66(74)67-37-14-19-44-75(67)81)64-34-21-26-57(52-64)78(72-41-23-40-71-70-39-16-20-45-77(70)83-79(71)72)58-48-51-69-68-38-15-17-42-73(68)80(76(69)53-58,59-27-7-2-8-28-59)60-29-9-3-10-30-60/h1-54,78H. The van der Waals surface area contributed by atoms with Gasteiger partial charge in [-0.2, -0.15) is 0 Å². The topological polar surface area (TPSA) is 3.24 Å². The Morgan fingerprint density at radius 2 is 0.723 bits per heavy atom. The molecule has 13 aromatic carbocycles. The highest BCUT2D eigenvalue weighted by Gasteiger charge is 2.48. The van der Waals surface area contributed by atoms with E-state index in [2.05, 4.69) is 332 Å². The molecule has 83 heavy (non-hydrogen) atoms. The molecule has 390 valence electrons. The van der Waals surface area contributed by atoms with Gasteiger partial charge in [-0.25, -0.2) is 0 Å². The minimum Gasteiger partial charge on any atom is -0.310 e. The third kappa shape index (κ3) is 7.60. The van der Waals surface area contributed by atoms with Crippen LogP contribution in [0.25, 0.3) is 53.6 Å². The number of hydrogen-bond donors (Lipinski definition) is 0. The molecule has 2 aliphatic carbocycles. The van der Waals surface area contributed by atoms with Crippen LogP contribution in [0, 0.1) is 0 Å². The number of rotatable bonds is 11. The van der Waals surface area contributed by atoms with Crippen molar-refractivity contribution < 1.29 is 0 Å². The van der Waals surface area contributed by atoms with Gasteiger partial charge < -0.3 is 4.90 Å². The molecule has 0 N–H and O–H groups in total. The van der Waals surface area contributed by atoms with Crippen molar-refractivity contribution in [3.05, 3.63) is 389 Å². The Hall–Kier alpha value is -10.1. The molecule has 0 radical (unpaired) electrons. The summed E-state index contributed by atoms with van der Waals surface area (Å²) in [5, 5.41) is 2.59. The molecule has 2 aliphatic rings. The smallest absolute Gasteiger partial charge is 0.0714 e. The summed E-state index contributed by atoms with van der Waals surface area (Å²) in [4.78, 5) is 2.49. The number of fused-ring (bicyclic) bond motifs is 9. The first-order valence-corrected chi connectivity index (χ1v) is 29.7. The van der Waals surface area contributed by atoms with Crippen molar-refractivity contribution in [2.75, 3.05) is 4.90 Å². The Bertz CT molecular complexity index is 4650. The zero-order chi connectivity index (χ0) is 54.9. The highest BCUT2D eigenvalue weighted by atomic mass is 32.1. The number of benzene rings is 13. The molecule has 0 bridgehead atoms. The van der Waals surface area contributed by atoms with Crippen LogP contribution in [0.5, 0.6) is 0 Å². The molecule has 2 heteroatoms. The van der Waals surface area contributed by atoms with Crippen LogP contribution in [-0.2, 0) is 10.8 Å². The number of anilines is 3. The van der Waals surface area contributed by atoms with E-state index in [0.717, 1.165) is 17.1 Å². The third-order valence-corrected chi connectivity index (χ3v) is 19.2. The van der Waals surface area contributed by atoms with E-state index in [9.17, 15) is 0 Å². The summed E-state index contributed by atoms with van der Waals surface area (Å²) in [6.45, 7) is 0. The molecule has 1 unspecified atom stereocenters. The van der Waals surface area contributed by atoms with Crippen molar-refractivity contribution in [2.24, 2.45) is 0 Å². The molecule has 1 nitrogen and oxygen atoms in total. The van der Waals surface area contributed by atoms with Crippen LogP contribution in [0.2, 0.25) is 0 Å². The minimum atomic E-state index is -0.564. The summed E-state index contributed by atoms with van der Waals surface area (Å²) in [7, 11) is 0. The van der Waals surface area contributed by atoms with Gasteiger partial charge in [-0.05, 0) is 137 Å². The summed E-state index contributed by atoms with van der Waals surface area (Å²) < 4.78 is 2.61. The normalized spacial score (nSPS) is 13.7. The molecule has 0 saturated heterocycles. The van der Waals surface area contributed by atoms with E-state index >= 15 is 0 Å². The summed E-state index contributed by atoms with van der Waals surface area (Å²) in [5.74, 6) is -0.147. The Morgan fingerprint density at radius 1 is 0.277 bits per heavy atom. The molecule has 1 heterocycles.